The predicted molar refractivity (Wildman–Crippen MR) is 86.8 cm³/mol. The molecule has 1 aromatic heterocycles. The summed E-state index contributed by atoms with van der Waals surface area (Å²) in [7, 11) is 1.63. The number of thiazole rings is 1. The molecule has 0 N–H and O–H groups in total. The van der Waals surface area contributed by atoms with Crippen molar-refractivity contribution >= 4 is 39.1 Å². The van der Waals surface area contributed by atoms with Crippen LogP contribution < -0.4 is 0 Å². The molecule has 0 radical (unpaired) electrons. The van der Waals surface area contributed by atoms with Gasteiger partial charge in [-0.25, -0.2) is 9.37 Å². The first kappa shape index (κ1) is 14.9. The van der Waals surface area contributed by atoms with Gasteiger partial charge in [0.15, 0.2) is 0 Å². The number of halogens is 2. The summed E-state index contributed by atoms with van der Waals surface area (Å²) in [6.07, 6.45) is 0. The van der Waals surface area contributed by atoms with Gasteiger partial charge in [0.1, 0.15) is 10.8 Å². The van der Waals surface area contributed by atoms with E-state index in [9.17, 15) is 9.18 Å². The molecule has 0 fully saturated rings. The number of carbonyl (C=O) groups excluding carboxylic acids is 1. The van der Waals surface area contributed by atoms with Gasteiger partial charge in [-0.05, 0) is 30.3 Å². The normalized spacial score (nSPS) is 10.9. The minimum atomic E-state index is -0.617. The van der Waals surface area contributed by atoms with Gasteiger partial charge in [-0.2, -0.15) is 0 Å². The van der Waals surface area contributed by atoms with Crippen molar-refractivity contribution in [2.75, 3.05) is 7.05 Å². The monoisotopic (exact) mass is 334 g/mol. The number of nitrogens with zero attached hydrogens (tertiary/aromatic N) is 2. The van der Waals surface area contributed by atoms with E-state index in [2.05, 4.69) is 4.98 Å². The van der Waals surface area contributed by atoms with Crippen LogP contribution in [0.2, 0.25) is 5.02 Å². The largest absolute Gasteiger partial charge is 0.335 e. The second-order valence-corrected chi connectivity index (χ2v) is 6.41. The molecular weight excluding hydrogens is 323 g/mol. The predicted octanol–water partition coefficient (Wildman–Crippen LogP) is 4.36. The zero-order chi connectivity index (χ0) is 15.7. The van der Waals surface area contributed by atoms with Crippen LogP contribution in [0, 0.1) is 5.82 Å². The van der Waals surface area contributed by atoms with E-state index in [1.54, 1.807) is 7.05 Å². The van der Waals surface area contributed by atoms with E-state index >= 15 is 0 Å². The van der Waals surface area contributed by atoms with Crippen LogP contribution in [0.3, 0.4) is 0 Å². The van der Waals surface area contributed by atoms with Gasteiger partial charge in [0.05, 0.1) is 22.3 Å². The summed E-state index contributed by atoms with van der Waals surface area (Å²) in [5, 5.41) is 1.08. The Morgan fingerprint density at radius 2 is 2.09 bits per heavy atom. The molecular formula is C16H12ClFN2OS. The van der Waals surface area contributed by atoms with Crippen molar-refractivity contribution in [1.29, 1.82) is 0 Å². The summed E-state index contributed by atoms with van der Waals surface area (Å²) in [6.45, 7) is 0.334. The highest BCUT2D eigenvalue weighted by Crippen LogP contribution is 2.23. The minimum Gasteiger partial charge on any atom is -0.335 e. The third-order valence-electron chi connectivity index (χ3n) is 3.22. The Kier molecular flexibility index (Phi) is 4.09. The van der Waals surface area contributed by atoms with Gasteiger partial charge in [-0.15, -0.1) is 11.3 Å². The van der Waals surface area contributed by atoms with Crippen molar-refractivity contribution in [2.24, 2.45) is 0 Å². The highest BCUT2D eigenvalue weighted by Gasteiger charge is 2.18. The maximum Gasteiger partial charge on any atom is 0.256 e. The lowest BCUT2D eigenvalue weighted by atomic mass is 10.2. The van der Waals surface area contributed by atoms with Gasteiger partial charge in [-0.3, -0.25) is 4.79 Å². The fraction of sp³-hybridized carbons (Fsp3) is 0.125. The molecule has 1 amide bonds. The summed E-state index contributed by atoms with van der Waals surface area (Å²) in [5.41, 5.74) is 0.911. The second-order valence-electron chi connectivity index (χ2n) is 4.86. The quantitative estimate of drug-likeness (QED) is 0.713. The highest BCUT2D eigenvalue weighted by molar-refractivity contribution is 7.18. The Balaban J connectivity index is 1.81. The molecule has 0 atom stereocenters. The average Bonchev–Trinajstić information content (AvgIpc) is 2.88. The molecule has 6 heteroatoms. The van der Waals surface area contributed by atoms with E-state index in [0.29, 0.717) is 6.54 Å². The summed E-state index contributed by atoms with van der Waals surface area (Å²) in [5.74, 6) is -1.01. The molecule has 0 aliphatic heterocycles. The summed E-state index contributed by atoms with van der Waals surface area (Å²) in [6, 6.07) is 11.8. The van der Waals surface area contributed by atoms with Crippen molar-refractivity contribution in [3.05, 3.63) is 63.9 Å². The second kappa shape index (κ2) is 6.02. The first-order chi connectivity index (χ1) is 10.5. The molecule has 0 saturated heterocycles. The first-order valence-corrected chi connectivity index (χ1v) is 7.79. The van der Waals surface area contributed by atoms with Gasteiger partial charge in [0.25, 0.3) is 5.91 Å². The Labute approximate surface area is 136 Å². The maximum atomic E-state index is 13.8. The number of hydrogen-bond acceptors (Lipinski definition) is 3. The SMILES string of the molecule is CN(Cc1nc2ccccc2s1)C(=O)c1ccc(Cl)cc1F. The summed E-state index contributed by atoms with van der Waals surface area (Å²) >= 11 is 7.23. The molecule has 2 aromatic carbocycles. The van der Waals surface area contributed by atoms with Crippen molar-refractivity contribution in [3.8, 4) is 0 Å². The lowest BCUT2D eigenvalue weighted by molar-refractivity contribution is 0.0780. The summed E-state index contributed by atoms with van der Waals surface area (Å²) in [4.78, 5) is 18.2. The lowest BCUT2D eigenvalue weighted by Gasteiger charge is -2.16. The smallest absolute Gasteiger partial charge is 0.256 e. The van der Waals surface area contributed by atoms with Gasteiger partial charge in [0.2, 0.25) is 0 Å². The number of carbonyl (C=O) groups is 1. The van der Waals surface area contributed by atoms with E-state index in [4.69, 9.17) is 11.6 Å². The zero-order valence-electron chi connectivity index (χ0n) is 11.7. The molecule has 0 aliphatic carbocycles. The molecule has 22 heavy (non-hydrogen) atoms. The Morgan fingerprint density at radius 3 is 2.82 bits per heavy atom. The first-order valence-electron chi connectivity index (χ1n) is 6.59. The third kappa shape index (κ3) is 2.96. The standard InChI is InChI=1S/C16H12ClFN2OS/c1-20(16(21)11-7-6-10(17)8-12(11)18)9-15-19-13-4-2-3-5-14(13)22-15/h2-8H,9H2,1H3. The molecule has 3 aromatic rings. The molecule has 0 bridgehead atoms. The van der Waals surface area contributed by atoms with Gasteiger partial charge >= 0.3 is 0 Å². The van der Waals surface area contributed by atoms with Gasteiger partial charge in [-0.1, -0.05) is 23.7 Å². The Morgan fingerprint density at radius 1 is 1.32 bits per heavy atom. The van der Waals surface area contributed by atoms with Crippen molar-refractivity contribution in [3.63, 3.8) is 0 Å². The van der Waals surface area contributed by atoms with Gasteiger partial charge < -0.3 is 4.90 Å². The lowest BCUT2D eigenvalue weighted by Crippen LogP contribution is -2.27. The molecule has 1 heterocycles. The number of amides is 1. The fourth-order valence-corrected chi connectivity index (χ4v) is 3.31. The number of hydrogen-bond donors (Lipinski definition) is 0. The number of aromatic nitrogens is 1. The summed E-state index contributed by atoms with van der Waals surface area (Å²) < 4.78 is 14.9. The van der Waals surface area contributed by atoms with Crippen LogP contribution >= 0.6 is 22.9 Å². The van der Waals surface area contributed by atoms with E-state index in [0.717, 1.165) is 21.3 Å². The fourth-order valence-electron chi connectivity index (χ4n) is 2.13. The number of fused-ring (bicyclic) bond motifs is 1. The average molecular weight is 335 g/mol. The van der Waals surface area contributed by atoms with Crippen LogP contribution in [0.4, 0.5) is 4.39 Å². The third-order valence-corrected chi connectivity index (χ3v) is 4.48. The molecule has 112 valence electrons. The Bertz CT molecular complexity index is 816. The van der Waals surface area contributed by atoms with Crippen molar-refractivity contribution < 1.29 is 9.18 Å². The molecule has 3 rings (SSSR count). The Hall–Kier alpha value is -1.98. The molecule has 3 nitrogen and oxygen atoms in total. The van der Waals surface area contributed by atoms with Gasteiger partial charge in [0, 0.05) is 12.1 Å². The van der Waals surface area contributed by atoms with Crippen LogP contribution in [0.15, 0.2) is 42.5 Å². The van der Waals surface area contributed by atoms with E-state index in [-0.39, 0.29) is 10.6 Å². The molecule has 0 saturated carbocycles. The van der Waals surface area contributed by atoms with Crippen LogP contribution in [0.25, 0.3) is 10.2 Å². The van der Waals surface area contributed by atoms with E-state index in [1.165, 1.54) is 28.4 Å². The van der Waals surface area contributed by atoms with Crippen LogP contribution in [0.1, 0.15) is 15.4 Å². The zero-order valence-corrected chi connectivity index (χ0v) is 13.3. The van der Waals surface area contributed by atoms with Crippen molar-refractivity contribution in [2.45, 2.75) is 6.54 Å². The topological polar surface area (TPSA) is 33.2 Å². The van der Waals surface area contributed by atoms with Crippen LogP contribution in [-0.4, -0.2) is 22.8 Å². The molecule has 0 spiro atoms. The molecule has 0 unspecified atom stereocenters. The van der Waals surface area contributed by atoms with E-state index in [1.807, 2.05) is 24.3 Å². The number of benzene rings is 2. The number of para-hydroxylation sites is 1. The van der Waals surface area contributed by atoms with Crippen LogP contribution in [-0.2, 0) is 6.54 Å². The van der Waals surface area contributed by atoms with Crippen LogP contribution in [0.5, 0.6) is 0 Å². The van der Waals surface area contributed by atoms with E-state index < -0.39 is 11.7 Å². The highest BCUT2D eigenvalue weighted by atomic mass is 35.5. The minimum absolute atomic E-state index is 0.00742. The maximum absolute atomic E-state index is 13.8. The number of rotatable bonds is 3. The van der Waals surface area contributed by atoms with Crippen molar-refractivity contribution in [1.82, 2.24) is 9.88 Å². The molecule has 0 aliphatic rings.